The van der Waals surface area contributed by atoms with Crippen molar-refractivity contribution in [1.29, 1.82) is 0 Å². The van der Waals surface area contributed by atoms with Gasteiger partial charge in [-0.3, -0.25) is 24.2 Å². The maximum atomic E-state index is 16.6. The maximum Gasteiger partial charge on any atom is 0.421 e. The van der Waals surface area contributed by atoms with E-state index in [2.05, 4.69) is 39.2 Å². The molecule has 73 heavy (non-hydrogen) atoms. The van der Waals surface area contributed by atoms with Crippen LogP contribution in [0, 0.1) is 17.8 Å². The van der Waals surface area contributed by atoms with Gasteiger partial charge in [0.2, 0.25) is 11.8 Å². The van der Waals surface area contributed by atoms with Crippen LogP contribution in [0.3, 0.4) is 0 Å². The van der Waals surface area contributed by atoms with Crippen LogP contribution in [-0.2, 0) is 47.1 Å². The number of aliphatic hydroxyl groups excluding tert-OH is 1. The summed E-state index contributed by atoms with van der Waals surface area (Å²) >= 11 is 0. The number of benzene rings is 6. The summed E-state index contributed by atoms with van der Waals surface area (Å²) in [6.07, 6.45) is -1.93. The summed E-state index contributed by atoms with van der Waals surface area (Å²) in [6.45, 7) is 0.535. The van der Waals surface area contributed by atoms with Gasteiger partial charge in [0.25, 0.3) is 0 Å². The first kappa shape index (κ1) is 48.5. The number of H-pyrrole nitrogens is 1. The Hall–Kier alpha value is -8.13. The van der Waals surface area contributed by atoms with E-state index in [9.17, 15) is 9.90 Å². The van der Waals surface area contributed by atoms with Crippen molar-refractivity contribution < 1.29 is 43.2 Å². The first-order valence-electron chi connectivity index (χ1n) is 24.2. The lowest BCUT2D eigenvalue weighted by molar-refractivity contribution is -0.178. The monoisotopic (exact) mass is 978 g/mol. The second-order valence-corrected chi connectivity index (χ2v) is 18.3. The van der Waals surface area contributed by atoms with E-state index < -0.39 is 59.4 Å². The number of aromatic amines is 1. The summed E-state index contributed by atoms with van der Waals surface area (Å²) in [5.41, 5.74) is 3.37. The number of morpholine rings is 1. The van der Waals surface area contributed by atoms with E-state index in [0.717, 1.165) is 21.5 Å². The Morgan fingerprint density at radius 2 is 1.53 bits per heavy atom. The molecule has 1 aromatic heterocycles. The summed E-state index contributed by atoms with van der Waals surface area (Å²) in [5, 5.41) is 12.9. The molecule has 10 rings (SSSR count). The molecule has 0 radical (unpaired) electrons. The highest BCUT2D eigenvalue weighted by Gasteiger charge is 2.75. The molecule has 0 bridgehead atoms. The molecule has 2 fully saturated rings. The van der Waals surface area contributed by atoms with E-state index in [1.54, 1.807) is 36.4 Å². The molecule has 0 saturated carbocycles. The molecule has 6 unspecified atom stereocenters. The van der Waals surface area contributed by atoms with Gasteiger partial charge >= 0.3 is 12.1 Å². The lowest BCUT2D eigenvalue weighted by Gasteiger charge is -2.46. The fourth-order valence-electron chi connectivity index (χ4n) is 10.8. The highest BCUT2D eigenvalue weighted by molar-refractivity contribution is 6.23. The Morgan fingerprint density at radius 3 is 2.27 bits per heavy atom. The number of ether oxygens (including phenoxy) is 4. The molecule has 4 heterocycles. The number of aliphatic hydroxyl groups is 1. The van der Waals surface area contributed by atoms with Crippen molar-refractivity contribution in [2.75, 3.05) is 52.0 Å². The Morgan fingerprint density at radius 1 is 0.822 bits per heavy atom. The maximum absolute atomic E-state index is 16.6. The van der Waals surface area contributed by atoms with Crippen molar-refractivity contribution in [2.45, 2.75) is 42.7 Å². The number of imidazole rings is 1. The molecule has 3 aliphatic heterocycles. The Bertz CT molecular complexity index is 3160. The van der Waals surface area contributed by atoms with Crippen molar-refractivity contribution in [3.8, 4) is 17.6 Å². The molecular formula is C58H54N6O9. The van der Waals surface area contributed by atoms with Crippen molar-refractivity contribution in [1.82, 2.24) is 25.1 Å². The van der Waals surface area contributed by atoms with Gasteiger partial charge in [-0.05, 0) is 77.3 Å². The van der Waals surface area contributed by atoms with Gasteiger partial charge in [0, 0.05) is 19.2 Å². The standard InChI is InChI=1S/C58H54N6O9/c1-62(37-39-16-6-3-7-17-39)29-15-18-38-27-28-47-44(34-38)58(56(68)63(47)57(69)72-33-32-70-2)49(54(66)59-36-48-60-45-25-12-13-26-46(45)61-48)51-55(67)73-52(41-21-10-5-11-22-41)50(40-19-8-4-9-20-40)64(51)53(58)42-23-14-24-43(35-42)71-31-30-65/h3-14,16-17,19-28,34-35,49-53,65H,29-33,36-37H2,1-2H3,(H,59,66)(H,60,61). The van der Waals surface area contributed by atoms with Gasteiger partial charge in [0.15, 0.2) is 0 Å². The quantitative estimate of drug-likeness (QED) is 0.0537. The Labute approximate surface area is 422 Å². The number of para-hydroxylation sites is 2. The first-order valence-corrected chi connectivity index (χ1v) is 24.2. The van der Waals surface area contributed by atoms with Crippen LogP contribution in [0.4, 0.5) is 10.5 Å². The molecule has 2 saturated heterocycles. The minimum atomic E-state index is -2.08. The van der Waals surface area contributed by atoms with E-state index in [4.69, 9.17) is 23.9 Å². The number of hydrogen-bond acceptors (Lipinski definition) is 12. The molecule has 15 heteroatoms. The smallest absolute Gasteiger partial charge is 0.421 e. The zero-order valence-electron chi connectivity index (χ0n) is 40.3. The van der Waals surface area contributed by atoms with E-state index in [1.807, 2.05) is 121 Å². The second-order valence-electron chi connectivity index (χ2n) is 18.3. The van der Waals surface area contributed by atoms with Crippen molar-refractivity contribution in [2.24, 2.45) is 5.92 Å². The number of carbonyl (C=O) groups excluding carboxylic acids is 4. The summed E-state index contributed by atoms with van der Waals surface area (Å²) in [5.74, 6) is 3.64. The third-order valence-corrected chi connectivity index (χ3v) is 13.7. The molecule has 6 atom stereocenters. The van der Waals surface area contributed by atoms with Crippen molar-refractivity contribution >= 4 is 40.6 Å². The van der Waals surface area contributed by atoms with Gasteiger partial charge in [0.05, 0.1) is 61.0 Å². The topological polar surface area (TPSA) is 176 Å². The van der Waals surface area contributed by atoms with Gasteiger partial charge in [-0.25, -0.2) is 14.7 Å². The normalized spacial score (nSPS) is 21.1. The van der Waals surface area contributed by atoms with Crippen LogP contribution in [0.1, 0.15) is 57.4 Å². The molecule has 1 spiro atoms. The summed E-state index contributed by atoms with van der Waals surface area (Å²) < 4.78 is 23.6. The van der Waals surface area contributed by atoms with Crippen LogP contribution >= 0.6 is 0 Å². The number of anilines is 1. The third kappa shape index (κ3) is 9.33. The SMILES string of the molecule is COCCOC(=O)N1C(=O)C2(c3cc(C#CCN(C)Cc4ccccc4)ccc31)C(C(=O)NCc1nc3ccccc3[nH]1)C1C(=O)OC(c3ccccc3)C(c3ccccc3)N1C2c1cccc(OCCO)c1. The van der Waals surface area contributed by atoms with Crippen LogP contribution in [-0.4, -0.2) is 102 Å². The number of carbonyl (C=O) groups is 4. The van der Waals surface area contributed by atoms with Crippen molar-refractivity contribution in [3.63, 3.8) is 0 Å². The Balaban J connectivity index is 1.21. The number of nitrogens with one attached hydrogen (secondary N) is 2. The van der Waals surface area contributed by atoms with Crippen LogP contribution in [0.5, 0.6) is 5.75 Å². The molecule has 3 amide bonds. The average Bonchev–Trinajstić information content (AvgIpc) is 4.06. The number of hydrogen-bond donors (Lipinski definition) is 3. The number of cyclic esters (lactones) is 1. The lowest BCUT2D eigenvalue weighted by atomic mass is 9.65. The molecule has 7 aromatic rings. The predicted octanol–water partition coefficient (Wildman–Crippen LogP) is 7.18. The number of aromatic nitrogens is 2. The fourth-order valence-corrected chi connectivity index (χ4v) is 10.8. The molecule has 370 valence electrons. The highest BCUT2D eigenvalue weighted by Crippen LogP contribution is 2.66. The average molecular weight is 979 g/mol. The summed E-state index contributed by atoms with van der Waals surface area (Å²) in [4.78, 5) is 75.6. The zero-order valence-corrected chi connectivity index (χ0v) is 40.3. The predicted molar refractivity (Wildman–Crippen MR) is 272 cm³/mol. The van der Waals surface area contributed by atoms with Crippen molar-refractivity contribution in [3.05, 3.63) is 197 Å². The lowest BCUT2D eigenvalue weighted by Crippen LogP contribution is -2.55. The third-order valence-electron chi connectivity index (χ3n) is 13.7. The van der Waals surface area contributed by atoms with E-state index in [-0.39, 0.29) is 44.2 Å². The number of amides is 3. The van der Waals surface area contributed by atoms with Gasteiger partial charge in [-0.15, -0.1) is 0 Å². The van der Waals surface area contributed by atoms with E-state index in [1.165, 1.54) is 7.11 Å². The first-order chi connectivity index (χ1) is 35.7. The Kier molecular flexibility index (Phi) is 14.1. The van der Waals surface area contributed by atoms with Gasteiger partial charge < -0.3 is 34.4 Å². The highest BCUT2D eigenvalue weighted by atomic mass is 16.6. The largest absolute Gasteiger partial charge is 0.491 e. The van der Waals surface area contributed by atoms with Crippen LogP contribution < -0.4 is 15.0 Å². The number of rotatable bonds is 15. The van der Waals surface area contributed by atoms with E-state index in [0.29, 0.717) is 46.9 Å². The number of fused-ring (bicyclic) bond motifs is 4. The summed E-state index contributed by atoms with van der Waals surface area (Å²) in [6, 6.07) is 45.2. The number of methoxy groups -OCH3 is 1. The number of nitrogens with zero attached hydrogens (tertiary/aromatic N) is 4. The molecule has 6 aromatic carbocycles. The zero-order chi connectivity index (χ0) is 50.5. The number of esters is 1. The minimum absolute atomic E-state index is 0.0289. The molecule has 3 aliphatic rings. The van der Waals surface area contributed by atoms with Gasteiger partial charge in [-0.1, -0.05) is 127 Å². The molecule has 3 N–H and O–H groups in total. The van der Waals surface area contributed by atoms with Gasteiger partial charge in [0.1, 0.15) is 42.3 Å². The summed E-state index contributed by atoms with van der Waals surface area (Å²) in [7, 11) is 3.45. The van der Waals surface area contributed by atoms with Crippen LogP contribution in [0.15, 0.2) is 158 Å². The molecular weight excluding hydrogens is 925 g/mol. The van der Waals surface area contributed by atoms with Gasteiger partial charge in [-0.2, -0.15) is 0 Å². The second kappa shape index (κ2) is 21.3. The fraction of sp³-hybridized carbons (Fsp3) is 0.259. The van der Waals surface area contributed by atoms with Crippen LogP contribution in [0.25, 0.3) is 11.0 Å². The van der Waals surface area contributed by atoms with E-state index >= 15 is 14.4 Å². The molecule has 0 aliphatic carbocycles. The minimum Gasteiger partial charge on any atom is -0.491 e. The molecule has 15 nitrogen and oxygen atoms in total. The van der Waals surface area contributed by atoms with Crippen LogP contribution in [0.2, 0.25) is 0 Å². The number of imide groups is 1.